The Balaban J connectivity index is 1.85. The van der Waals surface area contributed by atoms with E-state index >= 15 is 0 Å². The van der Waals surface area contributed by atoms with Gasteiger partial charge in [0.15, 0.2) is 0 Å². The first-order valence-corrected chi connectivity index (χ1v) is 7.95. The first kappa shape index (κ1) is 18.8. The Hall–Kier alpha value is -2.57. The van der Waals surface area contributed by atoms with E-state index in [1.807, 2.05) is 12.1 Å². The highest BCUT2D eigenvalue weighted by molar-refractivity contribution is 6.42. The fourth-order valence-electron chi connectivity index (χ4n) is 1.89. The van der Waals surface area contributed by atoms with E-state index in [-0.39, 0.29) is 11.6 Å². The van der Waals surface area contributed by atoms with Crippen LogP contribution in [0.2, 0.25) is 10.0 Å². The maximum atomic E-state index is 11.9. The molecule has 2 amide bonds. The zero-order valence-corrected chi connectivity index (χ0v) is 14.8. The lowest BCUT2D eigenvalue weighted by Gasteiger charge is -2.06. The molecule has 25 heavy (non-hydrogen) atoms. The molecule has 0 bridgehead atoms. The van der Waals surface area contributed by atoms with E-state index in [0.717, 1.165) is 0 Å². The number of nitrogens with zero attached hydrogens (tertiary/aromatic N) is 1. The SMILES string of the molecule is COc1ccccc1/C=N/NC(=O)CNC(=O)c1ccc(Cl)c(Cl)c1. The van der Waals surface area contributed by atoms with Crippen molar-refractivity contribution in [3.8, 4) is 5.75 Å². The van der Waals surface area contributed by atoms with Crippen LogP contribution < -0.4 is 15.5 Å². The molecule has 0 spiro atoms. The molecular formula is C17H15Cl2N3O3. The van der Waals surface area contributed by atoms with Gasteiger partial charge in [0.2, 0.25) is 0 Å². The van der Waals surface area contributed by atoms with E-state index in [1.165, 1.54) is 24.4 Å². The fourth-order valence-corrected chi connectivity index (χ4v) is 2.18. The van der Waals surface area contributed by atoms with Gasteiger partial charge in [-0.25, -0.2) is 5.43 Å². The van der Waals surface area contributed by atoms with Gasteiger partial charge >= 0.3 is 0 Å². The zero-order valence-electron chi connectivity index (χ0n) is 13.3. The van der Waals surface area contributed by atoms with Crippen LogP contribution in [0.15, 0.2) is 47.6 Å². The van der Waals surface area contributed by atoms with Crippen LogP contribution in [-0.4, -0.2) is 31.7 Å². The largest absolute Gasteiger partial charge is 0.496 e. The molecule has 6 nitrogen and oxygen atoms in total. The van der Waals surface area contributed by atoms with Gasteiger partial charge in [0.05, 0.1) is 29.9 Å². The maximum Gasteiger partial charge on any atom is 0.259 e. The van der Waals surface area contributed by atoms with Gasteiger partial charge in [-0.2, -0.15) is 5.10 Å². The summed E-state index contributed by atoms with van der Waals surface area (Å²) in [6.07, 6.45) is 1.46. The van der Waals surface area contributed by atoms with Crippen molar-refractivity contribution in [1.29, 1.82) is 0 Å². The molecular weight excluding hydrogens is 365 g/mol. The first-order valence-electron chi connectivity index (χ1n) is 7.19. The Kier molecular flexibility index (Phi) is 6.80. The van der Waals surface area contributed by atoms with Crippen LogP contribution in [0.5, 0.6) is 5.75 Å². The Morgan fingerprint density at radius 2 is 1.92 bits per heavy atom. The quantitative estimate of drug-likeness (QED) is 0.598. The minimum Gasteiger partial charge on any atom is -0.496 e. The van der Waals surface area contributed by atoms with Crippen LogP contribution in [0.4, 0.5) is 0 Å². The summed E-state index contributed by atoms with van der Waals surface area (Å²) < 4.78 is 5.17. The molecule has 0 atom stereocenters. The molecule has 2 N–H and O–H groups in total. The van der Waals surface area contributed by atoms with Crippen molar-refractivity contribution in [2.75, 3.05) is 13.7 Å². The van der Waals surface area contributed by atoms with Crippen molar-refractivity contribution in [3.05, 3.63) is 63.6 Å². The number of ether oxygens (including phenoxy) is 1. The number of hydrogen-bond acceptors (Lipinski definition) is 4. The molecule has 0 unspecified atom stereocenters. The normalized spacial score (nSPS) is 10.5. The van der Waals surface area contributed by atoms with Crippen LogP contribution >= 0.6 is 23.2 Å². The third kappa shape index (κ3) is 5.48. The highest BCUT2D eigenvalue weighted by Crippen LogP contribution is 2.22. The lowest BCUT2D eigenvalue weighted by molar-refractivity contribution is -0.120. The molecule has 0 saturated heterocycles. The Bertz CT molecular complexity index is 809. The van der Waals surface area contributed by atoms with Gasteiger partial charge in [-0.1, -0.05) is 35.3 Å². The van der Waals surface area contributed by atoms with Gasteiger partial charge < -0.3 is 10.1 Å². The predicted octanol–water partition coefficient (Wildman–Crippen LogP) is 2.88. The molecule has 2 aromatic carbocycles. The molecule has 0 aromatic heterocycles. The van der Waals surface area contributed by atoms with Gasteiger partial charge in [0.25, 0.3) is 11.8 Å². The van der Waals surface area contributed by atoms with Crippen molar-refractivity contribution in [2.45, 2.75) is 0 Å². The van der Waals surface area contributed by atoms with Gasteiger partial charge in [0.1, 0.15) is 5.75 Å². The number of hydrazone groups is 1. The zero-order chi connectivity index (χ0) is 18.2. The number of carbonyl (C=O) groups is 2. The molecule has 0 aliphatic heterocycles. The van der Waals surface area contributed by atoms with E-state index in [0.29, 0.717) is 21.9 Å². The van der Waals surface area contributed by atoms with Crippen LogP contribution in [0.1, 0.15) is 15.9 Å². The standard InChI is InChI=1S/C17H15Cl2N3O3/c1-25-15-5-3-2-4-12(15)9-21-22-16(23)10-20-17(24)11-6-7-13(18)14(19)8-11/h2-9H,10H2,1H3,(H,20,24)(H,22,23)/b21-9+. The van der Waals surface area contributed by atoms with Crippen LogP contribution in [0.3, 0.4) is 0 Å². The van der Waals surface area contributed by atoms with Crippen LogP contribution in [0, 0.1) is 0 Å². The number of methoxy groups -OCH3 is 1. The second kappa shape index (κ2) is 9.05. The van der Waals surface area contributed by atoms with Crippen molar-refractivity contribution < 1.29 is 14.3 Å². The molecule has 0 fully saturated rings. The summed E-state index contributed by atoms with van der Waals surface area (Å²) in [5.74, 6) is -0.282. The fraction of sp³-hybridized carbons (Fsp3) is 0.118. The summed E-state index contributed by atoms with van der Waals surface area (Å²) in [5.41, 5.74) is 3.34. The molecule has 8 heteroatoms. The molecule has 0 aliphatic rings. The Morgan fingerprint density at radius 1 is 1.16 bits per heavy atom. The first-order chi connectivity index (χ1) is 12.0. The summed E-state index contributed by atoms with van der Waals surface area (Å²) in [6, 6.07) is 11.7. The molecule has 0 heterocycles. The third-order valence-corrected chi connectivity index (χ3v) is 3.86. The smallest absolute Gasteiger partial charge is 0.259 e. The summed E-state index contributed by atoms with van der Waals surface area (Å²) in [5, 5.41) is 6.91. The summed E-state index contributed by atoms with van der Waals surface area (Å²) in [4.78, 5) is 23.7. The maximum absolute atomic E-state index is 11.9. The van der Waals surface area contributed by atoms with Crippen LogP contribution in [0.25, 0.3) is 0 Å². The number of hydrogen-bond donors (Lipinski definition) is 2. The van der Waals surface area contributed by atoms with Crippen LogP contribution in [-0.2, 0) is 4.79 Å². The lowest BCUT2D eigenvalue weighted by Crippen LogP contribution is -2.34. The molecule has 0 saturated carbocycles. The number of carbonyl (C=O) groups excluding carboxylic acids is 2. The van der Waals surface area contributed by atoms with Crippen molar-refractivity contribution >= 4 is 41.2 Å². The molecule has 0 radical (unpaired) electrons. The second-order valence-corrected chi connectivity index (χ2v) is 5.66. The van der Waals surface area contributed by atoms with E-state index in [4.69, 9.17) is 27.9 Å². The number of benzene rings is 2. The third-order valence-electron chi connectivity index (χ3n) is 3.12. The average Bonchev–Trinajstić information content (AvgIpc) is 2.62. The van der Waals surface area contributed by atoms with E-state index in [1.54, 1.807) is 19.2 Å². The van der Waals surface area contributed by atoms with Gasteiger partial charge in [0, 0.05) is 11.1 Å². The van der Waals surface area contributed by atoms with Crippen molar-refractivity contribution in [3.63, 3.8) is 0 Å². The molecule has 130 valence electrons. The highest BCUT2D eigenvalue weighted by atomic mass is 35.5. The number of amides is 2. The topological polar surface area (TPSA) is 79.8 Å². The number of nitrogens with one attached hydrogen (secondary N) is 2. The Labute approximate surface area is 154 Å². The Morgan fingerprint density at radius 3 is 2.64 bits per heavy atom. The molecule has 2 rings (SSSR count). The summed E-state index contributed by atoms with van der Waals surface area (Å²) in [6.45, 7) is -0.234. The van der Waals surface area contributed by atoms with Gasteiger partial charge in [-0.05, 0) is 30.3 Å². The summed E-state index contributed by atoms with van der Waals surface area (Å²) >= 11 is 11.6. The van der Waals surface area contributed by atoms with Gasteiger partial charge in [-0.15, -0.1) is 0 Å². The second-order valence-electron chi connectivity index (χ2n) is 4.85. The van der Waals surface area contributed by atoms with Gasteiger partial charge in [-0.3, -0.25) is 9.59 Å². The minimum atomic E-state index is -0.473. The van der Waals surface area contributed by atoms with E-state index in [2.05, 4.69) is 15.8 Å². The number of para-hydroxylation sites is 1. The minimum absolute atomic E-state index is 0.234. The predicted molar refractivity (Wildman–Crippen MR) is 97.5 cm³/mol. The average molecular weight is 380 g/mol. The highest BCUT2D eigenvalue weighted by Gasteiger charge is 2.09. The van der Waals surface area contributed by atoms with Crippen molar-refractivity contribution in [1.82, 2.24) is 10.7 Å². The van der Waals surface area contributed by atoms with Crippen molar-refractivity contribution in [2.24, 2.45) is 5.10 Å². The monoisotopic (exact) mass is 379 g/mol. The summed E-state index contributed by atoms with van der Waals surface area (Å²) in [7, 11) is 1.55. The number of rotatable bonds is 6. The number of halogens is 2. The molecule has 2 aromatic rings. The molecule has 0 aliphatic carbocycles. The van der Waals surface area contributed by atoms with E-state index < -0.39 is 11.8 Å². The lowest BCUT2D eigenvalue weighted by atomic mass is 10.2. The van der Waals surface area contributed by atoms with E-state index in [9.17, 15) is 9.59 Å².